The quantitative estimate of drug-likeness (QED) is 0.582. The van der Waals surface area contributed by atoms with Crippen LogP contribution in [0.5, 0.6) is 0 Å². The molecule has 2 saturated heterocycles. The highest BCUT2D eigenvalue weighted by Crippen LogP contribution is 2.40. The van der Waals surface area contributed by atoms with E-state index in [0.717, 1.165) is 38.7 Å². The van der Waals surface area contributed by atoms with E-state index < -0.39 is 0 Å². The minimum Gasteiger partial charge on any atom is -0.462 e. The summed E-state index contributed by atoms with van der Waals surface area (Å²) < 4.78 is 16.7. The van der Waals surface area contributed by atoms with Gasteiger partial charge in [0.25, 0.3) is 0 Å². The maximum absolute atomic E-state index is 12.2. The van der Waals surface area contributed by atoms with Crippen LogP contribution < -0.4 is 0 Å². The van der Waals surface area contributed by atoms with Gasteiger partial charge in [0.05, 0.1) is 24.2 Å². The number of esters is 1. The lowest BCUT2D eigenvalue weighted by Crippen LogP contribution is -2.35. The van der Waals surface area contributed by atoms with Crippen LogP contribution in [-0.4, -0.2) is 37.0 Å². The fourth-order valence-electron chi connectivity index (χ4n) is 3.45. The van der Waals surface area contributed by atoms with Crippen LogP contribution in [0.4, 0.5) is 0 Å². The lowest BCUT2D eigenvalue weighted by molar-refractivity contribution is -0.159. The van der Waals surface area contributed by atoms with Crippen molar-refractivity contribution in [3.8, 4) is 0 Å². The third-order valence-electron chi connectivity index (χ3n) is 4.83. The molecule has 3 rings (SSSR count). The Hall–Kier alpha value is -0.610. The van der Waals surface area contributed by atoms with Crippen molar-refractivity contribution in [2.45, 2.75) is 70.4 Å². The Kier molecular flexibility index (Phi) is 3.81. The van der Waals surface area contributed by atoms with Gasteiger partial charge in [-0.3, -0.25) is 4.79 Å². The summed E-state index contributed by atoms with van der Waals surface area (Å²) in [5.74, 6) is 0.491. The van der Waals surface area contributed by atoms with Gasteiger partial charge in [-0.1, -0.05) is 0 Å². The highest BCUT2D eigenvalue weighted by molar-refractivity contribution is 5.73. The van der Waals surface area contributed by atoms with Crippen LogP contribution in [-0.2, 0) is 19.0 Å². The zero-order valence-electron chi connectivity index (χ0n) is 11.8. The van der Waals surface area contributed by atoms with E-state index in [4.69, 9.17) is 14.2 Å². The first-order valence-corrected chi connectivity index (χ1v) is 7.61. The van der Waals surface area contributed by atoms with Gasteiger partial charge >= 0.3 is 5.97 Å². The normalized spacial score (nSPS) is 43.2. The lowest BCUT2D eigenvalue weighted by atomic mass is 9.88. The van der Waals surface area contributed by atoms with E-state index in [-0.39, 0.29) is 24.1 Å². The minimum atomic E-state index is -0.0133. The topological polar surface area (TPSA) is 48.1 Å². The number of fused-ring (bicyclic) bond motifs is 1. The largest absolute Gasteiger partial charge is 0.462 e. The van der Waals surface area contributed by atoms with Crippen molar-refractivity contribution in [3.05, 3.63) is 0 Å². The summed E-state index contributed by atoms with van der Waals surface area (Å²) in [5.41, 5.74) is 0. The van der Waals surface area contributed by atoms with Gasteiger partial charge in [0.1, 0.15) is 6.10 Å². The molecular formula is C15H24O4. The van der Waals surface area contributed by atoms with Crippen LogP contribution in [0.3, 0.4) is 0 Å². The average molecular weight is 268 g/mol. The Balaban J connectivity index is 1.48. The Bertz CT molecular complexity index is 343. The van der Waals surface area contributed by atoms with Gasteiger partial charge in [-0.05, 0) is 46.0 Å². The summed E-state index contributed by atoms with van der Waals surface area (Å²) >= 11 is 0. The molecule has 0 aromatic heterocycles. The summed E-state index contributed by atoms with van der Waals surface area (Å²) in [4.78, 5) is 12.2. The molecule has 4 nitrogen and oxygen atoms in total. The van der Waals surface area contributed by atoms with Crippen LogP contribution in [0, 0.1) is 11.8 Å². The molecule has 0 aromatic carbocycles. The van der Waals surface area contributed by atoms with Crippen molar-refractivity contribution in [2.24, 2.45) is 11.8 Å². The Labute approximate surface area is 114 Å². The first-order valence-electron chi connectivity index (χ1n) is 7.61. The first-order chi connectivity index (χ1) is 9.13. The van der Waals surface area contributed by atoms with Gasteiger partial charge in [0.2, 0.25) is 0 Å². The summed E-state index contributed by atoms with van der Waals surface area (Å²) in [6.45, 7) is 4.90. The summed E-state index contributed by atoms with van der Waals surface area (Å²) in [6.07, 6.45) is 5.88. The molecule has 2 heterocycles. The molecule has 1 aliphatic carbocycles. The van der Waals surface area contributed by atoms with Gasteiger partial charge in [0.15, 0.2) is 0 Å². The minimum absolute atomic E-state index is 0.0108. The number of hydrogen-bond donors (Lipinski definition) is 0. The summed E-state index contributed by atoms with van der Waals surface area (Å²) in [6, 6.07) is 0. The molecule has 0 amide bonds. The van der Waals surface area contributed by atoms with E-state index in [0.29, 0.717) is 18.1 Å². The molecule has 6 unspecified atom stereocenters. The number of ether oxygens (including phenoxy) is 3. The number of epoxide rings is 1. The van der Waals surface area contributed by atoms with Crippen LogP contribution in [0.25, 0.3) is 0 Å². The van der Waals surface area contributed by atoms with E-state index in [1.165, 1.54) is 0 Å². The van der Waals surface area contributed by atoms with E-state index in [1.54, 1.807) is 0 Å². The second-order valence-corrected chi connectivity index (χ2v) is 6.33. The predicted molar refractivity (Wildman–Crippen MR) is 69.7 cm³/mol. The lowest BCUT2D eigenvalue weighted by Gasteiger charge is -2.32. The summed E-state index contributed by atoms with van der Waals surface area (Å²) in [7, 11) is 0. The molecule has 0 radical (unpaired) electrons. The van der Waals surface area contributed by atoms with E-state index in [9.17, 15) is 4.79 Å². The fourth-order valence-corrected chi connectivity index (χ4v) is 3.45. The average Bonchev–Trinajstić information content (AvgIpc) is 3.16. The van der Waals surface area contributed by atoms with Gasteiger partial charge in [0, 0.05) is 12.5 Å². The number of hydrogen-bond acceptors (Lipinski definition) is 4. The molecule has 0 N–H and O–H groups in total. The zero-order valence-corrected chi connectivity index (χ0v) is 11.8. The van der Waals surface area contributed by atoms with Crippen molar-refractivity contribution in [2.75, 3.05) is 6.61 Å². The Morgan fingerprint density at radius 2 is 2.05 bits per heavy atom. The van der Waals surface area contributed by atoms with Crippen molar-refractivity contribution in [3.63, 3.8) is 0 Å². The SMILES string of the molecule is CC1CC(C(C)OC(=O)C2CCC3OC3C2)CCO1. The van der Waals surface area contributed by atoms with E-state index in [2.05, 4.69) is 6.92 Å². The maximum Gasteiger partial charge on any atom is 0.309 e. The Morgan fingerprint density at radius 1 is 1.21 bits per heavy atom. The van der Waals surface area contributed by atoms with Crippen molar-refractivity contribution >= 4 is 5.97 Å². The standard InChI is InChI=1S/C15H24O4/c1-9-7-11(5-6-17-9)10(2)18-15(16)12-3-4-13-14(8-12)19-13/h9-14H,3-8H2,1-2H3. The molecule has 2 aliphatic heterocycles. The number of rotatable bonds is 3. The molecule has 19 heavy (non-hydrogen) atoms. The molecule has 6 atom stereocenters. The molecular weight excluding hydrogens is 244 g/mol. The van der Waals surface area contributed by atoms with Gasteiger partial charge in [-0.2, -0.15) is 0 Å². The molecule has 3 fully saturated rings. The number of carbonyl (C=O) groups excluding carboxylic acids is 1. The molecule has 4 heteroatoms. The predicted octanol–water partition coefficient (Wildman–Crippen LogP) is 2.30. The fraction of sp³-hybridized carbons (Fsp3) is 0.933. The van der Waals surface area contributed by atoms with Crippen molar-refractivity contribution in [1.29, 1.82) is 0 Å². The van der Waals surface area contributed by atoms with Crippen LogP contribution in [0.2, 0.25) is 0 Å². The van der Waals surface area contributed by atoms with E-state index in [1.807, 2.05) is 6.92 Å². The molecule has 3 aliphatic rings. The maximum atomic E-state index is 12.2. The smallest absolute Gasteiger partial charge is 0.309 e. The zero-order chi connectivity index (χ0) is 13.4. The van der Waals surface area contributed by atoms with Crippen LogP contribution in [0.1, 0.15) is 46.0 Å². The first kappa shape index (κ1) is 13.4. The van der Waals surface area contributed by atoms with Crippen LogP contribution >= 0.6 is 0 Å². The Morgan fingerprint density at radius 3 is 2.79 bits per heavy atom. The van der Waals surface area contributed by atoms with E-state index >= 15 is 0 Å². The van der Waals surface area contributed by atoms with Crippen LogP contribution in [0.15, 0.2) is 0 Å². The highest BCUT2D eigenvalue weighted by atomic mass is 16.6. The van der Waals surface area contributed by atoms with Gasteiger partial charge in [-0.25, -0.2) is 0 Å². The second-order valence-electron chi connectivity index (χ2n) is 6.33. The molecule has 108 valence electrons. The monoisotopic (exact) mass is 268 g/mol. The second kappa shape index (κ2) is 5.41. The van der Waals surface area contributed by atoms with Gasteiger partial charge < -0.3 is 14.2 Å². The third kappa shape index (κ3) is 3.11. The highest BCUT2D eigenvalue weighted by Gasteiger charge is 2.46. The molecule has 0 bridgehead atoms. The molecule has 0 spiro atoms. The third-order valence-corrected chi connectivity index (χ3v) is 4.83. The van der Waals surface area contributed by atoms with Crippen molar-refractivity contribution in [1.82, 2.24) is 0 Å². The molecule has 1 saturated carbocycles. The van der Waals surface area contributed by atoms with Crippen molar-refractivity contribution < 1.29 is 19.0 Å². The molecule has 0 aromatic rings. The summed E-state index contributed by atoms with van der Waals surface area (Å²) in [5, 5.41) is 0. The van der Waals surface area contributed by atoms with Gasteiger partial charge in [-0.15, -0.1) is 0 Å². The number of carbonyl (C=O) groups is 1.